The first-order chi connectivity index (χ1) is 15.1. The molecule has 1 fully saturated rings. The molecule has 31 heavy (non-hydrogen) atoms. The molecule has 162 valence electrons. The van der Waals surface area contributed by atoms with Crippen LogP contribution in [-0.4, -0.2) is 74.5 Å². The van der Waals surface area contributed by atoms with E-state index in [0.717, 1.165) is 37.4 Å². The van der Waals surface area contributed by atoms with Crippen LogP contribution in [0.5, 0.6) is 0 Å². The molecule has 3 aromatic rings. The average Bonchev–Trinajstić information content (AvgIpc) is 3.17. The Morgan fingerprint density at radius 3 is 2.68 bits per heavy atom. The Labute approximate surface area is 185 Å². The molecule has 0 aliphatic carbocycles. The fourth-order valence-corrected chi connectivity index (χ4v) is 3.54. The lowest BCUT2D eigenvalue weighted by atomic mass is 10.2. The van der Waals surface area contributed by atoms with Gasteiger partial charge in [0.15, 0.2) is 11.6 Å². The predicted molar refractivity (Wildman–Crippen MR) is 123 cm³/mol. The Hall–Kier alpha value is -3.01. The molecular formula is C21H25ClN8O. The maximum absolute atomic E-state index is 9.17. The van der Waals surface area contributed by atoms with E-state index < -0.39 is 0 Å². The van der Waals surface area contributed by atoms with Crippen molar-refractivity contribution in [1.82, 2.24) is 30.0 Å². The molecular weight excluding hydrogens is 416 g/mol. The lowest BCUT2D eigenvalue weighted by Crippen LogP contribution is -2.47. The summed E-state index contributed by atoms with van der Waals surface area (Å²) in [6.45, 7) is 6.04. The number of nitrogens with zero attached hydrogens (tertiary/aromatic N) is 6. The Morgan fingerprint density at radius 1 is 1.13 bits per heavy atom. The van der Waals surface area contributed by atoms with Gasteiger partial charge in [-0.05, 0) is 30.7 Å². The lowest BCUT2D eigenvalue weighted by Gasteiger charge is -2.34. The number of aromatic amines is 1. The summed E-state index contributed by atoms with van der Waals surface area (Å²) in [4.78, 5) is 18.2. The number of benzene rings is 1. The van der Waals surface area contributed by atoms with E-state index in [0.29, 0.717) is 35.1 Å². The highest BCUT2D eigenvalue weighted by Gasteiger charge is 2.20. The number of aromatic nitrogens is 5. The number of rotatable bonds is 7. The number of anilines is 3. The molecule has 1 aromatic carbocycles. The molecule has 3 N–H and O–H groups in total. The second-order valence-corrected chi connectivity index (χ2v) is 7.76. The molecule has 0 saturated carbocycles. The van der Waals surface area contributed by atoms with Gasteiger partial charge in [-0.3, -0.25) is 10.00 Å². The highest BCUT2D eigenvalue weighted by atomic mass is 35.5. The normalized spacial score (nSPS) is 15.0. The van der Waals surface area contributed by atoms with Crippen molar-refractivity contribution < 1.29 is 5.11 Å². The summed E-state index contributed by atoms with van der Waals surface area (Å²) in [6, 6.07) is 9.48. The molecule has 10 heteroatoms. The molecule has 0 unspecified atom stereocenters. The minimum Gasteiger partial charge on any atom is -0.395 e. The van der Waals surface area contributed by atoms with E-state index in [4.69, 9.17) is 16.7 Å². The number of nitrogens with one attached hydrogen (secondary N) is 2. The molecule has 1 saturated heterocycles. The van der Waals surface area contributed by atoms with Crippen molar-refractivity contribution in [2.45, 2.75) is 6.92 Å². The highest BCUT2D eigenvalue weighted by Crippen LogP contribution is 2.18. The number of piperazine rings is 1. The minimum atomic E-state index is 0.168. The zero-order valence-electron chi connectivity index (χ0n) is 17.3. The van der Waals surface area contributed by atoms with Crippen molar-refractivity contribution in [3.8, 4) is 0 Å². The highest BCUT2D eigenvalue weighted by molar-refractivity contribution is 6.30. The van der Waals surface area contributed by atoms with E-state index in [9.17, 15) is 0 Å². The number of hydrogen-bond acceptors (Lipinski definition) is 8. The standard InChI is InChI=1S/C21H25ClN8O/c1-15-13-19(28-27-15)24-20-23-18(6-5-16-3-2-4-17(22)14-16)25-21(26-20)30-9-7-29(8-10-30)11-12-31/h2-6,13-14,31H,7-12H2,1H3,(H2,23,24,25,26,27,28)/b6-5+. The van der Waals surface area contributed by atoms with Crippen LogP contribution in [0.4, 0.5) is 17.7 Å². The van der Waals surface area contributed by atoms with Crippen molar-refractivity contribution in [3.05, 3.63) is 52.4 Å². The number of aliphatic hydroxyl groups excluding tert-OH is 1. The molecule has 0 atom stereocenters. The van der Waals surface area contributed by atoms with Crippen LogP contribution in [0.1, 0.15) is 17.1 Å². The van der Waals surface area contributed by atoms with Crippen LogP contribution in [0.25, 0.3) is 12.2 Å². The second-order valence-electron chi connectivity index (χ2n) is 7.32. The third-order valence-electron chi connectivity index (χ3n) is 4.93. The van der Waals surface area contributed by atoms with Crippen molar-refractivity contribution in [2.75, 3.05) is 49.5 Å². The number of hydrogen-bond donors (Lipinski definition) is 3. The predicted octanol–water partition coefficient (Wildman–Crippen LogP) is 2.58. The van der Waals surface area contributed by atoms with Gasteiger partial charge in [0, 0.05) is 49.5 Å². The van der Waals surface area contributed by atoms with Crippen LogP contribution in [0.15, 0.2) is 30.3 Å². The van der Waals surface area contributed by atoms with Gasteiger partial charge < -0.3 is 15.3 Å². The van der Waals surface area contributed by atoms with Crippen molar-refractivity contribution in [3.63, 3.8) is 0 Å². The number of aliphatic hydroxyl groups is 1. The van der Waals surface area contributed by atoms with E-state index in [1.54, 1.807) is 0 Å². The van der Waals surface area contributed by atoms with E-state index >= 15 is 0 Å². The van der Waals surface area contributed by atoms with Crippen LogP contribution in [0.2, 0.25) is 5.02 Å². The van der Waals surface area contributed by atoms with E-state index in [-0.39, 0.29) is 6.61 Å². The molecule has 0 bridgehead atoms. The fourth-order valence-electron chi connectivity index (χ4n) is 3.34. The number of β-amino-alcohol motifs (C(OH)–C–C–N with tert-alkyl or cyclic N) is 1. The Bertz CT molecular complexity index is 1050. The molecule has 9 nitrogen and oxygen atoms in total. The molecule has 0 spiro atoms. The maximum atomic E-state index is 9.17. The van der Waals surface area contributed by atoms with Gasteiger partial charge in [-0.25, -0.2) is 0 Å². The smallest absolute Gasteiger partial charge is 0.233 e. The number of aryl methyl sites for hydroxylation is 1. The van der Waals surface area contributed by atoms with Crippen molar-refractivity contribution in [1.29, 1.82) is 0 Å². The molecule has 3 heterocycles. The largest absolute Gasteiger partial charge is 0.395 e. The van der Waals surface area contributed by atoms with E-state index in [1.807, 2.05) is 49.4 Å². The van der Waals surface area contributed by atoms with Crippen molar-refractivity contribution in [2.24, 2.45) is 0 Å². The topological polar surface area (TPSA) is 106 Å². The summed E-state index contributed by atoms with van der Waals surface area (Å²) in [5.74, 6) is 2.23. The molecule has 1 aliphatic rings. The SMILES string of the molecule is Cc1cc(Nc2nc(/C=C/c3cccc(Cl)c3)nc(N3CCN(CCO)CC3)n2)n[nH]1. The summed E-state index contributed by atoms with van der Waals surface area (Å²) >= 11 is 6.08. The molecule has 2 aromatic heterocycles. The first kappa shape index (κ1) is 21.2. The Balaban J connectivity index is 1.59. The second kappa shape index (κ2) is 9.86. The monoisotopic (exact) mass is 440 g/mol. The Morgan fingerprint density at radius 2 is 1.97 bits per heavy atom. The first-order valence-electron chi connectivity index (χ1n) is 10.2. The minimum absolute atomic E-state index is 0.168. The maximum Gasteiger partial charge on any atom is 0.233 e. The quantitative estimate of drug-likeness (QED) is 0.514. The summed E-state index contributed by atoms with van der Waals surface area (Å²) in [5.41, 5.74) is 1.90. The van der Waals surface area contributed by atoms with Gasteiger partial charge in [0.05, 0.1) is 6.61 Å². The van der Waals surface area contributed by atoms with Gasteiger partial charge in [-0.1, -0.05) is 29.8 Å². The van der Waals surface area contributed by atoms with Crippen LogP contribution in [0, 0.1) is 6.92 Å². The van der Waals surface area contributed by atoms with Gasteiger partial charge in [0.2, 0.25) is 11.9 Å². The zero-order valence-corrected chi connectivity index (χ0v) is 18.0. The van der Waals surface area contributed by atoms with E-state index in [1.165, 1.54) is 0 Å². The van der Waals surface area contributed by atoms with E-state index in [2.05, 4.69) is 40.3 Å². The van der Waals surface area contributed by atoms with Crippen LogP contribution < -0.4 is 10.2 Å². The lowest BCUT2D eigenvalue weighted by molar-refractivity contribution is 0.188. The first-order valence-corrected chi connectivity index (χ1v) is 10.5. The average molecular weight is 441 g/mol. The fraction of sp³-hybridized carbons (Fsp3) is 0.333. The summed E-state index contributed by atoms with van der Waals surface area (Å²) in [5, 5.41) is 20.1. The third-order valence-corrected chi connectivity index (χ3v) is 5.17. The molecule has 0 radical (unpaired) electrons. The summed E-state index contributed by atoms with van der Waals surface area (Å²) in [7, 11) is 0. The van der Waals surface area contributed by atoms with Crippen LogP contribution in [-0.2, 0) is 0 Å². The summed E-state index contributed by atoms with van der Waals surface area (Å²) in [6.07, 6.45) is 3.77. The molecule has 1 aliphatic heterocycles. The molecule has 4 rings (SSSR count). The Kier molecular flexibility index (Phi) is 6.76. The molecule has 0 amide bonds. The van der Waals surface area contributed by atoms with Gasteiger partial charge in [-0.15, -0.1) is 0 Å². The van der Waals surface area contributed by atoms with Crippen molar-refractivity contribution >= 4 is 41.5 Å². The number of halogens is 1. The van der Waals surface area contributed by atoms with Crippen LogP contribution >= 0.6 is 11.6 Å². The van der Waals surface area contributed by atoms with Gasteiger partial charge in [-0.2, -0.15) is 20.1 Å². The van der Waals surface area contributed by atoms with Gasteiger partial charge in [0.25, 0.3) is 0 Å². The van der Waals surface area contributed by atoms with Gasteiger partial charge >= 0.3 is 0 Å². The zero-order chi connectivity index (χ0) is 21.6. The number of H-pyrrole nitrogens is 1. The third kappa shape index (κ3) is 5.78. The van der Waals surface area contributed by atoms with Crippen LogP contribution in [0.3, 0.4) is 0 Å². The summed E-state index contributed by atoms with van der Waals surface area (Å²) < 4.78 is 0. The van der Waals surface area contributed by atoms with Gasteiger partial charge in [0.1, 0.15) is 0 Å².